The van der Waals surface area contributed by atoms with Crippen LogP contribution >= 0.6 is 11.3 Å². The van der Waals surface area contributed by atoms with Gasteiger partial charge in [-0.3, -0.25) is 11.3 Å². The van der Waals surface area contributed by atoms with Gasteiger partial charge in [-0.1, -0.05) is 42.5 Å². The molecule has 20 heavy (non-hydrogen) atoms. The molecule has 2 aromatic carbocycles. The van der Waals surface area contributed by atoms with Gasteiger partial charge in [0.15, 0.2) is 0 Å². The number of hydrazine groups is 1. The van der Waals surface area contributed by atoms with Gasteiger partial charge in [0.05, 0.1) is 6.04 Å². The van der Waals surface area contributed by atoms with Crippen LogP contribution in [0.25, 0.3) is 10.1 Å². The van der Waals surface area contributed by atoms with Gasteiger partial charge in [-0.2, -0.15) is 0 Å². The van der Waals surface area contributed by atoms with Gasteiger partial charge in [-0.15, -0.1) is 11.3 Å². The number of nitrogens with two attached hydrogens (primary N) is 1. The molecule has 0 radical (unpaired) electrons. The summed E-state index contributed by atoms with van der Waals surface area (Å²) in [6.07, 6.45) is 0.913. The minimum atomic E-state index is 0.161. The zero-order valence-corrected chi connectivity index (χ0v) is 12.3. The van der Waals surface area contributed by atoms with Crippen LogP contribution < -0.4 is 11.3 Å². The number of hydrogen-bond acceptors (Lipinski definition) is 3. The van der Waals surface area contributed by atoms with Crippen LogP contribution in [0.2, 0.25) is 0 Å². The number of rotatable bonds is 4. The highest BCUT2D eigenvalue weighted by Gasteiger charge is 2.14. The molecule has 0 saturated carbocycles. The maximum absolute atomic E-state index is 5.78. The lowest BCUT2D eigenvalue weighted by molar-refractivity contribution is 0.560. The largest absolute Gasteiger partial charge is 0.271 e. The molecule has 0 amide bonds. The van der Waals surface area contributed by atoms with E-state index in [1.807, 2.05) is 11.3 Å². The zero-order chi connectivity index (χ0) is 13.9. The molecular formula is C17H18N2S. The molecule has 3 heteroatoms. The standard InChI is InChI=1S/C17H18N2S/c1-12-6-2-3-7-13(12)10-15(19-18)17-11-14-8-4-5-9-16(14)20-17/h2-9,11,15,19H,10,18H2,1H3. The van der Waals surface area contributed by atoms with Crippen molar-refractivity contribution in [2.24, 2.45) is 5.84 Å². The van der Waals surface area contributed by atoms with Crippen molar-refractivity contribution in [3.8, 4) is 0 Å². The van der Waals surface area contributed by atoms with E-state index in [-0.39, 0.29) is 6.04 Å². The van der Waals surface area contributed by atoms with Crippen LogP contribution in [0.3, 0.4) is 0 Å². The normalized spacial score (nSPS) is 12.7. The van der Waals surface area contributed by atoms with Gasteiger partial charge in [0, 0.05) is 9.58 Å². The topological polar surface area (TPSA) is 38.0 Å². The summed E-state index contributed by atoms with van der Waals surface area (Å²) >= 11 is 1.81. The zero-order valence-electron chi connectivity index (χ0n) is 11.5. The summed E-state index contributed by atoms with van der Waals surface area (Å²) < 4.78 is 1.31. The van der Waals surface area contributed by atoms with Gasteiger partial charge in [0.2, 0.25) is 0 Å². The fourth-order valence-electron chi connectivity index (χ4n) is 2.47. The van der Waals surface area contributed by atoms with E-state index in [1.165, 1.54) is 26.1 Å². The van der Waals surface area contributed by atoms with Crippen LogP contribution in [0.4, 0.5) is 0 Å². The maximum Gasteiger partial charge on any atom is 0.0594 e. The summed E-state index contributed by atoms with van der Waals surface area (Å²) in [5.74, 6) is 5.78. The van der Waals surface area contributed by atoms with E-state index < -0.39 is 0 Å². The fourth-order valence-corrected chi connectivity index (χ4v) is 3.60. The molecule has 0 bridgehead atoms. The maximum atomic E-state index is 5.78. The van der Waals surface area contributed by atoms with Crippen LogP contribution in [0.15, 0.2) is 54.6 Å². The summed E-state index contributed by atoms with van der Waals surface area (Å²) in [7, 11) is 0. The minimum Gasteiger partial charge on any atom is -0.271 e. The van der Waals surface area contributed by atoms with Crippen LogP contribution in [-0.4, -0.2) is 0 Å². The molecule has 1 unspecified atom stereocenters. The lowest BCUT2D eigenvalue weighted by Gasteiger charge is -2.15. The number of thiophene rings is 1. The molecule has 0 aliphatic heterocycles. The third-order valence-corrected chi connectivity index (χ3v) is 4.90. The van der Waals surface area contributed by atoms with Crippen molar-refractivity contribution >= 4 is 21.4 Å². The Balaban J connectivity index is 1.91. The quantitative estimate of drug-likeness (QED) is 0.561. The number of fused-ring (bicyclic) bond motifs is 1. The van der Waals surface area contributed by atoms with Crippen molar-refractivity contribution in [2.45, 2.75) is 19.4 Å². The molecule has 3 aromatic rings. The van der Waals surface area contributed by atoms with Gasteiger partial charge >= 0.3 is 0 Å². The fraction of sp³-hybridized carbons (Fsp3) is 0.176. The van der Waals surface area contributed by atoms with E-state index in [2.05, 4.69) is 66.9 Å². The molecule has 0 aliphatic carbocycles. The van der Waals surface area contributed by atoms with Gasteiger partial charge in [0.1, 0.15) is 0 Å². The Morgan fingerprint density at radius 1 is 1.10 bits per heavy atom. The average Bonchev–Trinajstić information content (AvgIpc) is 2.90. The first-order valence-corrected chi connectivity index (χ1v) is 7.58. The molecule has 102 valence electrons. The molecule has 2 nitrogen and oxygen atoms in total. The molecule has 0 fully saturated rings. The van der Waals surface area contributed by atoms with Crippen molar-refractivity contribution in [1.29, 1.82) is 0 Å². The van der Waals surface area contributed by atoms with Crippen LogP contribution in [-0.2, 0) is 6.42 Å². The summed E-state index contributed by atoms with van der Waals surface area (Å²) in [5, 5.41) is 1.29. The lowest BCUT2D eigenvalue weighted by atomic mass is 10.0. The molecule has 1 atom stereocenters. The van der Waals surface area contributed by atoms with E-state index >= 15 is 0 Å². The summed E-state index contributed by atoms with van der Waals surface area (Å²) in [4.78, 5) is 1.29. The first-order valence-electron chi connectivity index (χ1n) is 6.77. The third-order valence-electron chi connectivity index (χ3n) is 3.67. The Morgan fingerprint density at radius 2 is 1.85 bits per heavy atom. The third kappa shape index (κ3) is 2.61. The first kappa shape index (κ1) is 13.3. The second-order valence-corrected chi connectivity index (χ2v) is 6.15. The Morgan fingerprint density at radius 3 is 2.60 bits per heavy atom. The van der Waals surface area contributed by atoms with E-state index in [0.717, 1.165) is 6.42 Å². The summed E-state index contributed by atoms with van der Waals surface area (Å²) in [6, 6.07) is 19.3. The molecular weight excluding hydrogens is 264 g/mol. The molecule has 1 heterocycles. The monoisotopic (exact) mass is 282 g/mol. The van der Waals surface area contributed by atoms with Crippen LogP contribution in [0, 0.1) is 6.92 Å². The van der Waals surface area contributed by atoms with Crippen molar-refractivity contribution in [3.05, 3.63) is 70.6 Å². The van der Waals surface area contributed by atoms with E-state index in [1.54, 1.807) is 0 Å². The Bertz CT molecular complexity index is 685. The minimum absolute atomic E-state index is 0.161. The smallest absolute Gasteiger partial charge is 0.0594 e. The van der Waals surface area contributed by atoms with E-state index in [0.29, 0.717) is 0 Å². The number of aryl methyl sites for hydroxylation is 1. The van der Waals surface area contributed by atoms with Gasteiger partial charge < -0.3 is 0 Å². The number of benzene rings is 2. The highest BCUT2D eigenvalue weighted by Crippen LogP contribution is 2.31. The molecule has 3 N–H and O–H groups in total. The van der Waals surface area contributed by atoms with Crippen LogP contribution in [0.5, 0.6) is 0 Å². The van der Waals surface area contributed by atoms with Crippen molar-refractivity contribution in [2.75, 3.05) is 0 Å². The molecule has 0 spiro atoms. The predicted octanol–water partition coefficient (Wildman–Crippen LogP) is 3.96. The SMILES string of the molecule is Cc1ccccc1CC(NN)c1cc2ccccc2s1. The number of hydrogen-bond donors (Lipinski definition) is 2. The lowest BCUT2D eigenvalue weighted by Crippen LogP contribution is -2.29. The second kappa shape index (κ2) is 5.75. The Labute approximate surface area is 123 Å². The van der Waals surface area contributed by atoms with Crippen molar-refractivity contribution in [1.82, 2.24) is 5.43 Å². The highest BCUT2D eigenvalue weighted by atomic mass is 32.1. The van der Waals surface area contributed by atoms with Crippen LogP contribution in [0.1, 0.15) is 22.0 Å². The molecule has 0 saturated heterocycles. The van der Waals surface area contributed by atoms with E-state index in [9.17, 15) is 0 Å². The Hall–Kier alpha value is -1.68. The first-order chi connectivity index (χ1) is 9.78. The van der Waals surface area contributed by atoms with Gasteiger partial charge in [-0.25, -0.2) is 0 Å². The molecule has 0 aliphatic rings. The number of nitrogens with one attached hydrogen (secondary N) is 1. The van der Waals surface area contributed by atoms with Gasteiger partial charge in [-0.05, 0) is 42.0 Å². The molecule has 3 rings (SSSR count). The molecule has 1 aromatic heterocycles. The second-order valence-electron chi connectivity index (χ2n) is 5.04. The summed E-state index contributed by atoms with van der Waals surface area (Å²) in [5.41, 5.74) is 5.62. The average molecular weight is 282 g/mol. The predicted molar refractivity (Wildman–Crippen MR) is 86.8 cm³/mol. The summed E-state index contributed by atoms with van der Waals surface area (Å²) in [6.45, 7) is 2.15. The van der Waals surface area contributed by atoms with Crippen molar-refractivity contribution in [3.63, 3.8) is 0 Å². The Kier molecular flexibility index (Phi) is 3.83. The highest BCUT2D eigenvalue weighted by molar-refractivity contribution is 7.19. The van der Waals surface area contributed by atoms with E-state index in [4.69, 9.17) is 5.84 Å². The van der Waals surface area contributed by atoms with Gasteiger partial charge in [0.25, 0.3) is 0 Å². The van der Waals surface area contributed by atoms with Crippen molar-refractivity contribution < 1.29 is 0 Å².